The number of nitrogens with one attached hydrogen (secondary N) is 3. The number of aliphatic hydroxyl groups excluding tert-OH is 2. The van der Waals surface area contributed by atoms with Gasteiger partial charge in [0, 0.05) is 6.54 Å². The van der Waals surface area contributed by atoms with E-state index in [9.17, 15) is 15.0 Å². The molecule has 22 heavy (non-hydrogen) atoms. The second-order valence-electron chi connectivity index (χ2n) is 4.49. The molecule has 1 aliphatic heterocycles. The molecule has 1 aliphatic rings. The average Bonchev–Trinajstić information content (AvgIpc) is 2.35. The lowest BCUT2D eigenvalue weighted by atomic mass is 10.0. The molecule has 1 aromatic rings. The van der Waals surface area contributed by atoms with Crippen LogP contribution < -0.4 is 21.9 Å². The molecule has 2 rings (SSSR count). The fraction of sp³-hybridized carbons (Fsp3) is 0.556. The number of aliphatic hydroxyl groups is 2. The highest BCUT2D eigenvalue weighted by atomic mass is 32.3. The normalized spacial score (nSPS) is 19.6. The number of anilines is 3. The zero-order valence-electron chi connectivity index (χ0n) is 11.4. The molecular formula is C9H17N5O7S. The first-order chi connectivity index (χ1) is 9.99. The number of hydrogen-bond donors (Lipinski definition) is 8. The molecule has 0 radical (unpaired) electrons. The van der Waals surface area contributed by atoms with Crippen molar-refractivity contribution in [2.24, 2.45) is 0 Å². The average molecular weight is 339 g/mol. The summed E-state index contributed by atoms with van der Waals surface area (Å²) >= 11 is 0. The van der Waals surface area contributed by atoms with Gasteiger partial charge < -0.3 is 26.6 Å². The predicted molar refractivity (Wildman–Crippen MR) is 77.0 cm³/mol. The maximum Gasteiger partial charge on any atom is 0.394 e. The Labute approximate surface area is 125 Å². The molecule has 0 saturated heterocycles. The summed E-state index contributed by atoms with van der Waals surface area (Å²) in [5, 5.41) is 24.7. The molecule has 126 valence electrons. The SMILES string of the molecule is C[C@@H](O)[C@@H](O)C1CNc2nc(N)[nH]c(=O)c2N1.O=S(=O)(O)O. The monoisotopic (exact) mass is 339 g/mol. The van der Waals surface area contributed by atoms with E-state index in [1.54, 1.807) is 0 Å². The van der Waals surface area contributed by atoms with Crippen LogP contribution in [0, 0.1) is 0 Å². The molecule has 0 spiro atoms. The minimum Gasteiger partial charge on any atom is -0.391 e. The Morgan fingerprint density at radius 3 is 2.41 bits per heavy atom. The van der Waals surface area contributed by atoms with Gasteiger partial charge in [0.15, 0.2) is 5.82 Å². The lowest BCUT2D eigenvalue weighted by Crippen LogP contribution is -2.48. The minimum atomic E-state index is -4.67. The van der Waals surface area contributed by atoms with Crippen molar-refractivity contribution >= 4 is 27.9 Å². The van der Waals surface area contributed by atoms with Crippen LogP contribution in [0.3, 0.4) is 0 Å². The molecule has 9 N–H and O–H groups in total. The summed E-state index contributed by atoms with van der Waals surface area (Å²) in [5.74, 6) is 0.373. The molecule has 0 aromatic carbocycles. The van der Waals surface area contributed by atoms with E-state index in [4.69, 9.17) is 23.3 Å². The molecule has 0 fully saturated rings. The number of H-pyrrole nitrogens is 1. The Morgan fingerprint density at radius 2 is 1.91 bits per heavy atom. The highest BCUT2D eigenvalue weighted by Crippen LogP contribution is 2.21. The van der Waals surface area contributed by atoms with E-state index in [1.807, 2.05) is 0 Å². The number of hydrogen-bond acceptors (Lipinski definition) is 9. The summed E-state index contributed by atoms with van der Waals surface area (Å²) in [6.45, 7) is 1.82. The number of fused-ring (bicyclic) bond motifs is 1. The number of nitrogens with two attached hydrogens (primary N) is 1. The van der Waals surface area contributed by atoms with E-state index in [1.165, 1.54) is 6.92 Å². The molecule has 1 aromatic heterocycles. The Bertz CT molecular complexity index is 665. The number of nitrogen functional groups attached to an aromatic ring is 1. The Kier molecular flexibility index (Phi) is 5.67. The topological polar surface area (TPSA) is 211 Å². The summed E-state index contributed by atoms with van der Waals surface area (Å²) in [4.78, 5) is 17.9. The van der Waals surface area contributed by atoms with Crippen LogP contribution in [-0.2, 0) is 10.4 Å². The van der Waals surface area contributed by atoms with Gasteiger partial charge in [-0.2, -0.15) is 13.4 Å². The zero-order chi connectivity index (χ0) is 17.1. The van der Waals surface area contributed by atoms with Gasteiger partial charge >= 0.3 is 10.4 Å². The first-order valence-electron chi connectivity index (χ1n) is 5.95. The maximum absolute atomic E-state index is 11.6. The third kappa shape index (κ3) is 5.45. The Balaban J connectivity index is 0.000000422. The zero-order valence-corrected chi connectivity index (χ0v) is 12.2. The number of aromatic amines is 1. The number of nitrogens with zero attached hydrogens (tertiary/aromatic N) is 1. The summed E-state index contributed by atoms with van der Waals surface area (Å²) < 4.78 is 31.6. The van der Waals surface area contributed by atoms with Gasteiger partial charge in [0.25, 0.3) is 5.56 Å². The third-order valence-electron chi connectivity index (χ3n) is 2.66. The summed E-state index contributed by atoms with van der Waals surface area (Å²) in [6, 6.07) is -0.464. The third-order valence-corrected chi connectivity index (χ3v) is 2.66. The van der Waals surface area contributed by atoms with Gasteiger partial charge in [-0.1, -0.05) is 0 Å². The minimum absolute atomic E-state index is 0.0255. The van der Waals surface area contributed by atoms with Gasteiger partial charge in [-0.05, 0) is 6.92 Å². The van der Waals surface area contributed by atoms with E-state index in [0.29, 0.717) is 12.4 Å². The lowest BCUT2D eigenvalue weighted by Gasteiger charge is -2.31. The van der Waals surface area contributed by atoms with Crippen LogP contribution >= 0.6 is 0 Å². The molecule has 12 nitrogen and oxygen atoms in total. The fourth-order valence-corrected chi connectivity index (χ4v) is 1.74. The Morgan fingerprint density at radius 1 is 1.36 bits per heavy atom. The van der Waals surface area contributed by atoms with Crippen molar-refractivity contribution in [2.75, 3.05) is 22.9 Å². The van der Waals surface area contributed by atoms with Crippen LogP contribution in [0.1, 0.15) is 6.92 Å². The van der Waals surface area contributed by atoms with Crippen LogP contribution in [0.5, 0.6) is 0 Å². The van der Waals surface area contributed by atoms with Gasteiger partial charge in [-0.15, -0.1) is 0 Å². The second-order valence-corrected chi connectivity index (χ2v) is 5.38. The summed E-state index contributed by atoms with van der Waals surface area (Å²) in [6.07, 6.45) is -1.87. The van der Waals surface area contributed by atoms with E-state index in [0.717, 1.165) is 0 Å². The molecule has 0 aliphatic carbocycles. The lowest BCUT2D eigenvalue weighted by molar-refractivity contribution is 0.0214. The van der Waals surface area contributed by atoms with Crippen molar-refractivity contribution in [3.63, 3.8) is 0 Å². The molecule has 0 amide bonds. The van der Waals surface area contributed by atoms with Crippen LogP contribution in [0.25, 0.3) is 0 Å². The van der Waals surface area contributed by atoms with Crippen molar-refractivity contribution in [2.45, 2.75) is 25.2 Å². The molecule has 0 bridgehead atoms. The highest BCUT2D eigenvalue weighted by Gasteiger charge is 2.29. The van der Waals surface area contributed by atoms with Gasteiger partial charge in [-0.3, -0.25) is 18.9 Å². The molecule has 2 heterocycles. The first-order valence-corrected chi connectivity index (χ1v) is 7.35. The molecule has 3 atom stereocenters. The number of rotatable bonds is 2. The van der Waals surface area contributed by atoms with Gasteiger partial charge in [-0.25, -0.2) is 0 Å². The summed E-state index contributed by atoms with van der Waals surface area (Å²) in [7, 11) is -4.67. The molecule has 1 unspecified atom stereocenters. The van der Waals surface area contributed by atoms with Crippen molar-refractivity contribution in [3.8, 4) is 0 Å². The fourth-order valence-electron chi connectivity index (χ4n) is 1.74. The van der Waals surface area contributed by atoms with E-state index in [2.05, 4.69) is 20.6 Å². The van der Waals surface area contributed by atoms with Crippen LogP contribution in [0.15, 0.2) is 4.79 Å². The van der Waals surface area contributed by atoms with Crippen LogP contribution in [0.2, 0.25) is 0 Å². The van der Waals surface area contributed by atoms with Crippen molar-refractivity contribution in [1.29, 1.82) is 0 Å². The first kappa shape index (κ1) is 18.1. The quantitative estimate of drug-likeness (QED) is 0.267. The molecule has 0 saturated carbocycles. The number of aromatic nitrogens is 2. The van der Waals surface area contributed by atoms with E-state index < -0.39 is 34.2 Å². The predicted octanol–water partition coefficient (Wildman–Crippen LogP) is -2.35. The van der Waals surface area contributed by atoms with E-state index >= 15 is 0 Å². The van der Waals surface area contributed by atoms with Crippen molar-refractivity contribution in [1.82, 2.24) is 9.97 Å². The van der Waals surface area contributed by atoms with Crippen molar-refractivity contribution < 1.29 is 27.7 Å². The van der Waals surface area contributed by atoms with Crippen LogP contribution in [-0.4, -0.2) is 62.5 Å². The molecular weight excluding hydrogens is 322 g/mol. The second kappa shape index (κ2) is 6.89. The van der Waals surface area contributed by atoms with Gasteiger partial charge in [0.1, 0.15) is 11.8 Å². The van der Waals surface area contributed by atoms with E-state index in [-0.39, 0.29) is 11.6 Å². The van der Waals surface area contributed by atoms with Crippen LogP contribution in [0.4, 0.5) is 17.5 Å². The highest BCUT2D eigenvalue weighted by molar-refractivity contribution is 7.79. The largest absolute Gasteiger partial charge is 0.394 e. The van der Waals surface area contributed by atoms with Gasteiger partial charge in [0.05, 0.1) is 12.1 Å². The molecule has 13 heteroatoms. The van der Waals surface area contributed by atoms with Gasteiger partial charge in [0.2, 0.25) is 5.95 Å². The Hall–Kier alpha value is -1.93. The standard InChI is InChI=1S/C9H15N5O3.H2O4S/c1-3(15)6(16)4-2-11-7-5(12-4)8(17)14-9(10)13-7;1-5(2,3)4/h3-4,6,12,15-16H,2H2,1H3,(H4,10,11,13,14,17);(H2,1,2,3,4)/t3-,4?,6-;/m1./s1. The smallest absolute Gasteiger partial charge is 0.391 e. The maximum atomic E-state index is 11.6. The van der Waals surface area contributed by atoms with Crippen molar-refractivity contribution in [3.05, 3.63) is 10.4 Å². The summed E-state index contributed by atoms with van der Waals surface area (Å²) in [5.41, 5.74) is 5.20.